The van der Waals surface area contributed by atoms with Crippen molar-refractivity contribution in [1.82, 2.24) is 24.4 Å². The molecule has 1 N–H and O–H groups in total. The van der Waals surface area contributed by atoms with Crippen LogP contribution in [0, 0.1) is 0 Å². The molecule has 0 saturated carbocycles. The first-order chi connectivity index (χ1) is 17.6. The van der Waals surface area contributed by atoms with Gasteiger partial charge in [0.15, 0.2) is 10.8 Å². The molecule has 0 amide bonds. The lowest BCUT2D eigenvalue weighted by atomic mass is 10.1. The summed E-state index contributed by atoms with van der Waals surface area (Å²) in [5, 5.41) is 4.32. The molecule has 0 bridgehead atoms. The topological polar surface area (TPSA) is 71.3 Å². The Labute approximate surface area is 216 Å². The van der Waals surface area contributed by atoms with Crippen molar-refractivity contribution in [1.29, 1.82) is 0 Å². The Hall–Kier alpha value is -3.14. The largest absolute Gasteiger partial charge is 0.381 e. The average Bonchev–Trinajstić information content (AvgIpc) is 3.25. The van der Waals surface area contributed by atoms with E-state index in [9.17, 15) is 0 Å². The Morgan fingerprint density at radius 3 is 2.44 bits per heavy atom. The van der Waals surface area contributed by atoms with Crippen LogP contribution in [0.3, 0.4) is 0 Å². The third-order valence-corrected chi connectivity index (χ3v) is 7.33. The number of fused-ring (bicyclic) bond motifs is 1. The fraction of sp³-hybridized carbons (Fsp3) is 0.370. The molecule has 0 unspecified atom stereocenters. The predicted octanol–water partition coefficient (Wildman–Crippen LogP) is 5.07. The van der Waals surface area contributed by atoms with Gasteiger partial charge >= 0.3 is 0 Å². The van der Waals surface area contributed by atoms with Crippen LogP contribution in [0.4, 0.5) is 17.3 Å². The Balaban J connectivity index is 1.40. The van der Waals surface area contributed by atoms with E-state index in [-0.39, 0.29) is 0 Å². The molecular weight excluding hydrogens is 470 g/mol. The zero-order chi connectivity index (χ0) is 24.9. The summed E-state index contributed by atoms with van der Waals surface area (Å²) in [6.07, 6.45) is 3.71. The second kappa shape index (κ2) is 11.3. The number of aromatic nitrogens is 4. The molecule has 8 nitrogen and oxygen atoms in total. The van der Waals surface area contributed by atoms with Crippen molar-refractivity contribution in [3.05, 3.63) is 60.8 Å². The van der Waals surface area contributed by atoms with Crippen molar-refractivity contribution in [2.24, 2.45) is 0 Å². The molecule has 3 heterocycles. The molecule has 1 saturated heterocycles. The summed E-state index contributed by atoms with van der Waals surface area (Å²) in [6, 6.07) is 19.0. The molecule has 2 aromatic carbocycles. The number of nitrogens with zero attached hydrogens (tertiary/aromatic N) is 6. The molecule has 5 rings (SSSR count). The van der Waals surface area contributed by atoms with Gasteiger partial charge in [0, 0.05) is 55.7 Å². The molecule has 36 heavy (non-hydrogen) atoms. The van der Waals surface area contributed by atoms with Crippen molar-refractivity contribution in [2.75, 3.05) is 57.7 Å². The van der Waals surface area contributed by atoms with Gasteiger partial charge < -0.3 is 19.9 Å². The fourth-order valence-corrected chi connectivity index (χ4v) is 5.26. The summed E-state index contributed by atoms with van der Waals surface area (Å²) in [7, 11) is 6.30. The SMILES string of the molecule is CN(C)CCN(C)c1ccc(Nc2ncc3nc(Sc4ccccc4)n(C4CCOCC4)c3n2)cc1. The van der Waals surface area contributed by atoms with Crippen molar-refractivity contribution >= 4 is 40.2 Å². The number of hydrogen-bond donors (Lipinski definition) is 1. The fourth-order valence-electron chi connectivity index (χ4n) is 4.28. The van der Waals surface area contributed by atoms with Gasteiger partial charge in [-0.05, 0) is 63.3 Å². The lowest BCUT2D eigenvalue weighted by molar-refractivity contribution is 0.0683. The van der Waals surface area contributed by atoms with Crippen LogP contribution in [0.25, 0.3) is 11.2 Å². The summed E-state index contributed by atoms with van der Waals surface area (Å²) in [6.45, 7) is 3.49. The molecule has 0 aliphatic carbocycles. The van der Waals surface area contributed by atoms with E-state index in [1.807, 2.05) is 12.3 Å². The number of rotatable bonds is 9. The number of imidazole rings is 1. The number of benzene rings is 2. The summed E-state index contributed by atoms with van der Waals surface area (Å²) in [4.78, 5) is 20.0. The second-order valence-electron chi connectivity index (χ2n) is 9.32. The smallest absolute Gasteiger partial charge is 0.229 e. The van der Waals surface area contributed by atoms with Crippen molar-refractivity contribution in [3.63, 3.8) is 0 Å². The Kier molecular flexibility index (Phi) is 7.69. The van der Waals surface area contributed by atoms with Crippen LogP contribution in [-0.4, -0.2) is 71.9 Å². The number of hydrogen-bond acceptors (Lipinski definition) is 8. The predicted molar refractivity (Wildman–Crippen MR) is 147 cm³/mol. The van der Waals surface area contributed by atoms with Gasteiger partial charge in [-0.15, -0.1) is 0 Å². The molecule has 2 aromatic heterocycles. The van der Waals surface area contributed by atoms with E-state index in [2.05, 4.69) is 94.3 Å². The third-order valence-electron chi connectivity index (χ3n) is 6.36. The molecule has 1 fully saturated rings. The van der Waals surface area contributed by atoms with Crippen molar-refractivity contribution in [2.45, 2.75) is 28.9 Å². The second-order valence-corrected chi connectivity index (χ2v) is 10.4. The Morgan fingerprint density at radius 2 is 1.72 bits per heavy atom. The molecule has 0 spiro atoms. The van der Waals surface area contributed by atoms with E-state index in [4.69, 9.17) is 14.7 Å². The number of likely N-dealkylation sites (N-methyl/N-ethyl adjacent to an activating group) is 2. The van der Waals surface area contributed by atoms with E-state index in [0.717, 1.165) is 66.0 Å². The van der Waals surface area contributed by atoms with Crippen molar-refractivity contribution < 1.29 is 4.74 Å². The maximum atomic E-state index is 5.63. The van der Waals surface area contributed by atoms with Crippen LogP contribution in [0.1, 0.15) is 18.9 Å². The highest BCUT2D eigenvalue weighted by Crippen LogP contribution is 2.35. The highest BCUT2D eigenvalue weighted by molar-refractivity contribution is 7.99. The molecule has 4 aromatic rings. The van der Waals surface area contributed by atoms with Crippen LogP contribution < -0.4 is 10.2 Å². The zero-order valence-corrected chi connectivity index (χ0v) is 21.9. The van der Waals surface area contributed by atoms with Gasteiger partial charge in [0.2, 0.25) is 5.95 Å². The number of nitrogens with one attached hydrogen (secondary N) is 1. The van der Waals surface area contributed by atoms with Crippen LogP contribution in [-0.2, 0) is 4.74 Å². The van der Waals surface area contributed by atoms with E-state index >= 15 is 0 Å². The van der Waals surface area contributed by atoms with Gasteiger partial charge in [0.25, 0.3) is 0 Å². The maximum Gasteiger partial charge on any atom is 0.229 e. The summed E-state index contributed by atoms with van der Waals surface area (Å²) in [5.41, 5.74) is 3.80. The van der Waals surface area contributed by atoms with Gasteiger partial charge in [0.05, 0.1) is 6.20 Å². The van der Waals surface area contributed by atoms with E-state index in [0.29, 0.717) is 12.0 Å². The Bertz CT molecular complexity index is 1270. The summed E-state index contributed by atoms with van der Waals surface area (Å²) < 4.78 is 7.92. The minimum atomic E-state index is 0.301. The quantitative estimate of drug-likeness (QED) is 0.339. The molecule has 0 atom stereocenters. The van der Waals surface area contributed by atoms with Gasteiger partial charge in [-0.25, -0.2) is 9.97 Å². The minimum Gasteiger partial charge on any atom is -0.381 e. The number of ether oxygens (including phenoxy) is 1. The average molecular weight is 504 g/mol. The monoisotopic (exact) mass is 503 g/mol. The van der Waals surface area contributed by atoms with Gasteiger partial charge in [-0.2, -0.15) is 4.98 Å². The lowest BCUT2D eigenvalue weighted by Crippen LogP contribution is -2.28. The molecule has 1 aliphatic rings. The zero-order valence-electron chi connectivity index (χ0n) is 21.1. The summed E-state index contributed by atoms with van der Waals surface area (Å²) >= 11 is 1.67. The van der Waals surface area contributed by atoms with Crippen LogP contribution in [0.5, 0.6) is 0 Å². The molecule has 1 aliphatic heterocycles. The maximum absolute atomic E-state index is 5.63. The van der Waals surface area contributed by atoms with Gasteiger partial charge in [-0.1, -0.05) is 30.0 Å². The highest BCUT2D eigenvalue weighted by atomic mass is 32.2. The Morgan fingerprint density at radius 1 is 0.972 bits per heavy atom. The van der Waals surface area contributed by atoms with E-state index in [1.165, 1.54) is 5.69 Å². The van der Waals surface area contributed by atoms with E-state index in [1.54, 1.807) is 11.8 Å². The van der Waals surface area contributed by atoms with Crippen LogP contribution in [0.15, 0.2) is 70.8 Å². The first kappa shape index (κ1) is 24.5. The third kappa shape index (κ3) is 5.80. The first-order valence-corrected chi connectivity index (χ1v) is 13.2. The molecule has 9 heteroatoms. The van der Waals surface area contributed by atoms with Gasteiger partial charge in [0.1, 0.15) is 5.52 Å². The minimum absolute atomic E-state index is 0.301. The van der Waals surface area contributed by atoms with E-state index < -0.39 is 0 Å². The highest BCUT2D eigenvalue weighted by Gasteiger charge is 2.24. The lowest BCUT2D eigenvalue weighted by Gasteiger charge is -2.25. The number of anilines is 3. The normalized spacial score (nSPS) is 14.4. The summed E-state index contributed by atoms with van der Waals surface area (Å²) in [5.74, 6) is 0.570. The molecule has 0 radical (unpaired) electrons. The van der Waals surface area contributed by atoms with Crippen molar-refractivity contribution in [3.8, 4) is 0 Å². The molecule has 188 valence electrons. The molecular formula is C27H33N7OS. The standard InChI is InChI=1S/C27H33N7OS/c1-32(2)15-16-33(3)21-11-9-20(10-12-21)29-26-28-19-24-25(31-26)34(22-13-17-35-18-14-22)27(30-24)36-23-7-5-4-6-8-23/h4-12,19,22H,13-18H2,1-3H3,(H,28,29,31). The van der Waals surface area contributed by atoms with Crippen LogP contribution in [0.2, 0.25) is 0 Å². The first-order valence-electron chi connectivity index (χ1n) is 12.4. The van der Waals surface area contributed by atoms with Crippen LogP contribution >= 0.6 is 11.8 Å². The van der Waals surface area contributed by atoms with Gasteiger partial charge in [-0.3, -0.25) is 4.57 Å².